The normalized spacial score (nSPS) is 22.9. The Morgan fingerprint density at radius 3 is 2.69 bits per heavy atom. The molecule has 0 aliphatic carbocycles. The number of rotatable bonds is 2. The second kappa shape index (κ2) is 7.06. The number of nitrogens with one attached hydrogen (secondary N) is 1. The van der Waals surface area contributed by atoms with Crippen LogP contribution in [0, 0.1) is 5.82 Å². The molecule has 0 atom stereocenters. The van der Waals surface area contributed by atoms with E-state index in [0.29, 0.717) is 12.6 Å². The molecule has 1 aromatic rings. The lowest BCUT2D eigenvalue weighted by molar-refractivity contribution is 0.0584. The van der Waals surface area contributed by atoms with Crippen molar-refractivity contribution in [2.45, 2.75) is 44.1 Å². The minimum absolute atomic E-state index is 0.0829. The van der Waals surface area contributed by atoms with Crippen molar-refractivity contribution in [3.05, 3.63) is 29.6 Å². The van der Waals surface area contributed by atoms with Crippen molar-refractivity contribution >= 4 is 11.8 Å². The van der Waals surface area contributed by atoms with Crippen LogP contribution in [0.4, 0.5) is 14.9 Å². The topological polar surface area (TPSA) is 44.8 Å². The zero-order chi connectivity index (χ0) is 18.1. The molecule has 0 saturated carbocycles. The summed E-state index contributed by atoms with van der Waals surface area (Å²) in [6, 6.07) is 5.68. The number of likely N-dealkylation sites (tertiary alicyclic amines) is 2. The highest BCUT2D eigenvalue weighted by Gasteiger charge is 2.43. The average molecular weight is 361 g/mol. The van der Waals surface area contributed by atoms with Gasteiger partial charge in [-0.15, -0.1) is 0 Å². The van der Waals surface area contributed by atoms with E-state index in [4.69, 9.17) is 4.74 Å². The molecule has 1 amide bonds. The number of anilines is 1. The summed E-state index contributed by atoms with van der Waals surface area (Å²) >= 11 is 0. The highest BCUT2D eigenvalue weighted by Crippen LogP contribution is 2.44. The number of hydrogen-bond donors (Lipinski definition) is 1. The molecule has 3 heterocycles. The van der Waals surface area contributed by atoms with Gasteiger partial charge in [-0.05, 0) is 69.5 Å². The number of amides is 1. The highest BCUT2D eigenvalue weighted by molar-refractivity contribution is 5.67. The molecule has 0 aromatic heterocycles. The molecule has 142 valence electrons. The second-order valence-electron chi connectivity index (χ2n) is 7.78. The Labute approximate surface area is 154 Å². The van der Waals surface area contributed by atoms with Crippen LogP contribution in [0.25, 0.3) is 0 Å². The molecule has 5 nitrogen and oxygen atoms in total. The predicted octanol–water partition coefficient (Wildman–Crippen LogP) is 3.21. The van der Waals surface area contributed by atoms with Gasteiger partial charge in [0, 0.05) is 36.8 Å². The Bertz CT molecular complexity index is 665. The molecule has 1 spiro atoms. The van der Waals surface area contributed by atoms with E-state index in [1.165, 1.54) is 6.07 Å². The van der Waals surface area contributed by atoms with Gasteiger partial charge in [0.15, 0.2) is 0 Å². The van der Waals surface area contributed by atoms with Crippen LogP contribution in [-0.4, -0.2) is 61.3 Å². The summed E-state index contributed by atoms with van der Waals surface area (Å²) in [5.74, 6) is -0.138. The van der Waals surface area contributed by atoms with E-state index in [2.05, 4.69) is 10.2 Å². The van der Waals surface area contributed by atoms with Crippen LogP contribution in [0.2, 0.25) is 0 Å². The number of fused-ring (bicyclic) bond motifs is 2. The lowest BCUT2D eigenvalue weighted by atomic mass is 9.74. The summed E-state index contributed by atoms with van der Waals surface area (Å²) in [4.78, 5) is 16.2. The van der Waals surface area contributed by atoms with Crippen molar-refractivity contribution < 1.29 is 13.9 Å². The van der Waals surface area contributed by atoms with E-state index >= 15 is 0 Å². The number of carbonyl (C=O) groups is 1. The van der Waals surface area contributed by atoms with Gasteiger partial charge >= 0.3 is 6.09 Å². The molecular formula is C20H28FN3O2. The maximum atomic E-state index is 13.7. The van der Waals surface area contributed by atoms with E-state index in [-0.39, 0.29) is 17.3 Å². The molecule has 0 unspecified atom stereocenters. The molecule has 26 heavy (non-hydrogen) atoms. The van der Waals surface area contributed by atoms with Gasteiger partial charge in [-0.25, -0.2) is 9.18 Å². The van der Waals surface area contributed by atoms with Crippen molar-refractivity contribution in [1.29, 1.82) is 0 Å². The lowest BCUT2D eigenvalue weighted by Crippen LogP contribution is -2.52. The zero-order valence-corrected chi connectivity index (χ0v) is 15.5. The van der Waals surface area contributed by atoms with Gasteiger partial charge in [0.2, 0.25) is 0 Å². The smallest absolute Gasteiger partial charge is 0.409 e. The number of nitrogens with zero attached hydrogens (tertiary/aromatic N) is 2. The third kappa shape index (κ3) is 3.15. The number of hydrogen-bond acceptors (Lipinski definition) is 4. The maximum Gasteiger partial charge on any atom is 0.409 e. The lowest BCUT2D eigenvalue weighted by Gasteiger charge is -2.45. The van der Waals surface area contributed by atoms with E-state index in [0.717, 1.165) is 69.7 Å². The van der Waals surface area contributed by atoms with Crippen molar-refractivity contribution in [3.8, 4) is 0 Å². The molecule has 0 bridgehead atoms. The molecule has 0 radical (unpaired) electrons. The summed E-state index contributed by atoms with van der Waals surface area (Å²) in [7, 11) is 0. The first kappa shape index (κ1) is 17.6. The van der Waals surface area contributed by atoms with Gasteiger partial charge in [-0.3, -0.25) is 0 Å². The van der Waals surface area contributed by atoms with Crippen LogP contribution in [0.15, 0.2) is 18.2 Å². The first-order chi connectivity index (χ1) is 12.6. The van der Waals surface area contributed by atoms with Crippen LogP contribution in [0.3, 0.4) is 0 Å². The second-order valence-corrected chi connectivity index (χ2v) is 7.78. The zero-order valence-electron chi connectivity index (χ0n) is 15.5. The number of ether oxygens (including phenoxy) is 1. The number of carbonyl (C=O) groups excluding carboxylic acids is 1. The van der Waals surface area contributed by atoms with Crippen LogP contribution in [0.5, 0.6) is 0 Å². The largest absolute Gasteiger partial charge is 0.450 e. The molecule has 3 aliphatic rings. The fourth-order valence-corrected chi connectivity index (χ4v) is 4.86. The molecule has 2 fully saturated rings. The first-order valence-corrected chi connectivity index (χ1v) is 9.81. The molecule has 1 N–H and O–H groups in total. The van der Waals surface area contributed by atoms with E-state index in [1.54, 1.807) is 6.07 Å². The van der Waals surface area contributed by atoms with E-state index in [1.807, 2.05) is 17.9 Å². The minimum atomic E-state index is -0.181. The number of piperidine rings is 2. The Morgan fingerprint density at radius 2 is 2.00 bits per heavy atom. The van der Waals surface area contributed by atoms with Crippen LogP contribution < -0.4 is 5.32 Å². The summed E-state index contributed by atoms with van der Waals surface area (Å²) < 4.78 is 18.8. The highest BCUT2D eigenvalue weighted by atomic mass is 19.1. The first-order valence-electron chi connectivity index (χ1n) is 9.81. The number of benzene rings is 1. The van der Waals surface area contributed by atoms with Crippen LogP contribution in [0.1, 0.15) is 38.2 Å². The summed E-state index contributed by atoms with van der Waals surface area (Å²) in [6.45, 7) is 6.84. The summed E-state index contributed by atoms with van der Waals surface area (Å²) in [5.41, 5.74) is 2.34. The summed E-state index contributed by atoms with van der Waals surface area (Å²) in [6.07, 6.45) is 3.97. The Morgan fingerprint density at radius 1 is 1.27 bits per heavy atom. The van der Waals surface area contributed by atoms with Gasteiger partial charge in [0.05, 0.1) is 6.61 Å². The third-order valence-corrected chi connectivity index (χ3v) is 6.43. The van der Waals surface area contributed by atoms with Crippen molar-refractivity contribution in [1.82, 2.24) is 9.80 Å². The van der Waals surface area contributed by atoms with Gasteiger partial charge in [0.1, 0.15) is 5.82 Å². The molecule has 6 heteroatoms. The van der Waals surface area contributed by atoms with E-state index < -0.39 is 0 Å². The Kier molecular flexibility index (Phi) is 4.78. The van der Waals surface area contributed by atoms with Crippen molar-refractivity contribution in [3.63, 3.8) is 0 Å². The Hall–Kier alpha value is -1.82. The fraction of sp³-hybridized carbons (Fsp3) is 0.650. The van der Waals surface area contributed by atoms with Gasteiger partial charge in [-0.2, -0.15) is 0 Å². The fourth-order valence-electron chi connectivity index (χ4n) is 4.86. The minimum Gasteiger partial charge on any atom is -0.450 e. The van der Waals surface area contributed by atoms with Crippen molar-refractivity contribution in [2.24, 2.45) is 0 Å². The predicted molar refractivity (Wildman–Crippen MR) is 99.0 cm³/mol. The standard InChI is InChI=1S/C20H28FN3O2/c1-2-26-19(25)24-9-5-16(6-10-24)23-11-7-20(8-12-23)14-22-18-4-3-15(21)13-17(18)20/h3-4,13,16,22H,2,5-12,14H2,1H3. The molecule has 4 rings (SSSR count). The molecule has 1 aromatic carbocycles. The third-order valence-electron chi connectivity index (χ3n) is 6.43. The average Bonchev–Trinajstić information content (AvgIpc) is 3.00. The van der Waals surface area contributed by atoms with Gasteiger partial charge in [-0.1, -0.05) is 0 Å². The van der Waals surface area contributed by atoms with E-state index in [9.17, 15) is 9.18 Å². The molecule has 2 saturated heterocycles. The van der Waals surface area contributed by atoms with Gasteiger partial charge in [0.25, 0.3) is 0 Å². The quantitative estimate of drug-likeness (QED) is 0.879. The van der Waals surface area contributed by atoms with Crippen molar-refractivity contribution in [2.75, 3.05) is 44.6 Å². The monoisotopic (exact) mass is 361 g/mol. The molecule has 3 aliphatic heterocycles. The van der Waals surface area contributed by atoms with Crippen LogP contribution in [-0.2, 0) is 10.2 Å². The maximum absolute atomic E-state index is 13.7. The Balaban J connectivity index is 1.34. The summed E-state index contributed by atoms with van der Waals surface area (Å²) in [5, 5.41) is 3.47. The SMILES string of the molecule is CCOC(=O)N1CCC(N2CCC3(CC2)CNc2ccc(F)cc23)CC1. The van der Waals surface area contributed by atoms with Crippen LogP contribution >= 0.6 is 0 Å². The van der Waals surface area contributed by atoms with Gasteiger partial charge < -0.3 is 19.9 Å². The molecular weight excluding hydrogens is 333 g/mol. The number of halogens is 1.